The molecule has 0 saturated heterocycles. The molecule has 1 aromatic carbocycles. The molecule has 8 nitrogen and oxygen atoms in total. The smallest absolute Gasteiger partial charge is 0.303 e. The van der Waals surface area contributed by atoms with Crippen LogP contribution in [0.1, 0.15) is 26.7 Å². The molecule has 136 valence electrons. The molecule has 0 aromatic heterocycles. The largest absolute Gasteiger partial charge is 0.459 e. The van der Waals surface area contributed by atoms with Crippen molar-refractivity contribution >= 4 is 46.5 Å². The third-order valence-electron chi connectivity index (χ3n) is 3.68. The summed E-state index contributed by atoms with van der Waals surface area (Å²) in [6.07, 6.45) is -0.592. The number of hydrogen-bond acceptors (Lipinski definition) is 7. The molecule has 1 saturated carbocycles. The van der Waals surface area contributed by atoms with Gasteiger partial charge in [0.25, 0.3) is 5.69 Å². The number of hydrogen-bond donors (Lipinski definition) is 1. The van der Waals surface area contributed by atoms with Gasteiger partial charge < -0.3 is 14.8 Å². The van der Waals surface area contributed by atoms with Gasteiger partial charge in [-0.25, -0.2) is 0 Å². The summed E-state index contributed by atoms with van der Waals surface area (Å²) in [6, 6.07) is 2.21. The van der Waals surface area contributed by atoms with E-state index in [4.69, 9.17) is 32.7 Å². The van der Waals surface area contributed by atoms with Crippen molar-refractivity contribution in [1.82, 2.24) is 0 Å². The second kappa shape index (κ2) is 7.88. The Kier molecular flexibility index (Phi) is 6.07. The first-order valence-electron chi connectivity index (χ1n) is 7.41. The van der Waals surface area contributed by atoms with Crippen molar-refractivity contribution in [2.24, 2.45) is 0 Å². The van der Waals surface area contributed by atoms with Crippen LogP contribution in [0.2, 0.25) is 10.0 Å². The summed E-state index contributed by atoms with van der Waals surface area (Å²) >= 11 is 11.8. The van der Waals surface area contributed by atoms with Crippen molar-refractivity contribution in [1.29, 1.82) is 0 Å². The maximum absolute atomic E-state index is 11.2. The Bertz CT molecular complexity index is 688. The monoisotopic (exact) mass is 390 g/mol. The molecule has 0 aliphatic heterocycles. The highest BCUT2D eigenvalue weighted by atomic mass is 35.5. The predicted molar refractivity (Wildman–Crippen MR) is 90.9 cm³/mol. The van der Waals surface area contributed by atoms with E-state index in [-0.39, 0.29) is 27.5 Å². The van der Waals surface area contributed by atoms with Crippen LogP contribution in [0.4, 0.5) is 11.4 Å². The van der Waals surface area contributed by atoms with Crippen molar-refractivity contribution in [2.75, 3.05) is 5.32 Å². The Morgan fingerprint density at radius 2 is 1.60 bits per heavy atom. The molecule has 1 aliphatic carbocycles. The molecule has 10 heteroatoms. The molecule has 25 heavy (non-hydrogen) atoms. The average molecular weight is 391 g/mol. The predicted octanol–water partition coefficient (Wildman–Crippen LogP) is 3.34. The van der Waals surface area contributed by atoms with Crippen molar-refractivity contribution < 1.29 is 24.0 Å². The van der Waals surface area contributed by atoms with E-state index in [1.807, 2.05) is 0 Å². The zero-order chi connectivity index (χ0) is 18.7. The minimum absolute atomic E-state index is 0.0703. The Labute approximate surface area is 153 Å². The van der Waals surface area contributed by atoms with Gasteiger partial charge in [-0.3, -0.25) is 19.7 Å². The zero-order valence-electron chi connectivity index (χ0n) is 13.5. The van der Waals surface area contributed by atoms with Crippen LogP contribution in [0.5, 0.6) is 0 Å². The molecule has 0 spiro atoms. The molecule has 1 aliphatic rings. The minimum atomic E-state index is -0.624. The van der Waals surface area contributed by atoms with Gasteiger partial charge in [0.1, 0.15) is 17.9 Å². The van der Waals surface area contributed by atoms with E-state index < -0.39 is 29.1 Å². The Morgan fingerprint density at radius 1 is 1.12 bits per heavy atom. The van der Waals surface area contributed by atoms with Crippen LogP contribution in [0, 0.1) is 10.1 Å². The molecule has 0 radical (unpaired) electrons. The first-order chi connectivity index (χ1) is 11.7. The lowest BCUT2D eigenvalue weighted by molar-refractivity contribution is -0.384. The highest BCUT2D eigenvalue weighted by molar-refractivity contribution is 6.42. The number of anilines is 1. The van der Waals surface area contributed by atoms with Crippen LogP contribution < -0.4 is 5.32 Å². The Hall–Kier alpha value is -2.06. The first kappa shape index (κ1) is 19.3. The number of halogens is 2. The number of nitro benzene ring substituents is 1. The topological polar surface area (TPSA) is 108 Å². The molecular weight excluding hydrogens is 375 g/mol. The fraction of sp³-hybridized carbons (Fsp3) is 0.467. The van der Waals surface area contributed by atoms with E-state index in [0.29, 0.717) is 12.8 Å². The van der Waals surface area contributed by atoms with E-state index in [1.165, 1.54) is 19.9 Å². The lowest BCUT2D eigenvalue weighted by atomic mass is 10.2. The van der Waals surface area contributed by atoms with E-state index in [2.05, 4.69) is 5.32 Å². The molecule has 1 fully saturated rings. The molecule has 2 rings (SSSR count). The number of benzene rings is 1. The number of nitrogens with one attached hydrogen (secondary N) is 1. The average Bonchev–Trinajstić information content (AvgIpc) is 2.82. The van der Waals surface area contributed by atoms with Crippen LogP contribution >= 0.6 is 23.2 Å². The summed E-state index contributed by atoms with van der Waals surface area (Å²) in [4.78, 5) is 33.1. The number of esters is 2. The maximum atomic E-state index is 11.2. The van der Waals surface area contributed by atoms with Gasteiger partial charge in [0, 0.05) is 38.8 Å². The van der Waals surface area contributed by atoms with Crippen molar-refractivity contribution in [3.63, 3.8) is 0 Å². The van der Waals surface area contributed by atoms with Gasteiger partial charge in [0.2, 0.25) is 0 Å². The van der Waals surface area contributed by atoms with Gasteiger partial charge in [-0.2, -0.15) is 0 Å². The third kappa shape index (κ3) is 4.96. The number of carbonyl (C=O) groups excluding carboxylic acids is 2. The molecule has 0 heterocycles. The van der Waals surface area contributed by atoms with Gasteiger partial charge in [0.05, 0.1) is 15.0 Å². The summed E-state index contributed by atoms with van der Waals surface area (Å²) < 4.78 is 10.4. The number of nitro groups is 1. The Balaban J connectivity index is 2.20. The van der Waals surface area contributed by atoms with Crippen molar-refractivity contribution in [3.05, 3.63) is 32.3 Å². The fourth-order valence-corrected chi connectivity index (χ4v) is 3.10. The SMILES string of the molecule is CC(=O)OC1CC(Nc2cc(Cl)c(Cl)cc2[N+](=O)[O-])CC1OC(C)=O. The number of ether oxygens (including phenoxy) is 2. The van der Waals surface area contributed by atoms with E-state index in [0.717, 1.165) is 6.07 Å². The summed E-state index contributed by atoms with van der Waals surface area (Å²) in [5.74, 6) is -0.994. The first-order valence-corrected chi connectivity index (χ1v) is 8.17. The quantitative estimate of drug-likeness (QED) is 0.466. The third-order valence-corrected chi connectivity index (χ3v) is 4.40. The normalized spacial score (nSPS) is 22.3. The van der Waals surface area contributed by atoms with Crippen LogP contribution in [-0.2, 0) is 19.1 Å². The van der Waals surface area contributed by atoms with Crippen LogP contribution in [0.25, 0.3) is 0 Å². The van der Waals surface area contributed by atoms with Crippen LogP contribution in [-0.4, -0.2) is 35.1 Å². The molecule has 1 N–H and O–H groups in total. The summed E-state index contributed by atoms with van der Waals surface area (Å²) in [5.41, 5.74) is -0.0381. The number of carbonyl (C=O) groups is 2. The summed E-state index contributed by atoms with van der Waals surface area (Å²) in [6.45, 7) is 2.52. The minimum Gasteiger partial charge on any atom is -0.459 e. The second-order valence-electron chi connectivity index (χ2n) is 5.65. The number of nitrogens with zero attached hydrogens (tertiary/aromatic N) is 1. The highest BCUT2D eigenvalue weighted by Crippen LogP contribution is 2.36. The zero-order valence-corrected chi connectivity index (χ0v) is 15.0. The van der Waals surface area contributed by atoms with Gasteiger partial charge >= 0.3 is 11.9 Å². The summed E-state index contributed by atoms with van der Waals surface area (Å²) in [5, 5.41) is 14.4. The second-order valence-corrected chi connectivity index (χ2v) is 6.46. The fourth-order valence-electron chi connectivity index (χ4n) is 2.78. The molecule has 2 unspecified atom stereocenters. The molecule has 0 amide bonds. The summed E-state index contributed by atoms with van der Waals surface area (Å²) in [7, 11) is 0. The van der Waals surface area contributed by atoms with Crippen LogP contribution in [0.3, 0.4) is 0 Å². The lowest BCUT2D eigenvalue weighted by Crippen LogP contribution is -2.29. The molecule has 2 atom stereocenters. The van der Waals surface area contributed by atoms with E-state index in [9.17, 15) is 19.7 Å². The number of rotatable bonds is 5. The van der Waals surface area contributed by atoms with Gasteiger partial charge in [-0.1, -0.05) is 23.2 Å². The van der Waals surface area contributed by atoms with Gasteiger partial charge in [-0.05, 0) is 6.07 Å². The standard InChI is InChI=1S/C15H16Cl2N2O6/c1-7(20)24-14-3-9(4-15(14)25-8(2)21)18-12-5-10(16)11(17)6-13(12)19(22)23/h5-6,9,14-15,18H,3-4H2,1-2H3. The Morgan fingerprint density at radius 3 is 2.04 bits per heavy atom. The lowest BCUT2D eigenvalue weighted by Gasteiger charge is -2.18. The van der Waals surface area contributed by atoms with E-state index >= 15 is 0 Å². The molecule has 0 bridgehead atoms. The highest BCUT2D eigenvalue weighted by Gasteiger charge is 2.39. The maximum Gasteiger partial charge on any atom is 0.303 e. The van der Waals surface area contributed by atoms with Gasteiger partial charge in [-0.15, -0.1) is 0 Å². The van der Waals surface area contributed by atoms with Crippen molar-refractivity contribution in [3.8, 4) is 0 Å². The van der Waals surface area contributed by atoms with Gasteiger partial charge in [0.15, 0.2) is 0 Å². The van der Waals surface area contributed by atoms with E-state index in [1.54, 1.807) is 0 Å². The van der Waals surface area contributed by atoms with Crippen molar-refractivity contribution in [2.45, 2.75) is 44.9 Å². The molecular formula is C15H16Cl2N2O6. The molecule has 1 aromatic rings. The van der Waals surface area contributed by atoms with Crippen LogP contribution in [0.15, 0.2) is 12.1 Å².